The van der Waals surface area contributed by atoms with Crippen molar-refractivity contribution < 1.29 is 56.8 Å². The van der Waals surface area contributed by atoms with Crippen molar-refractivity contribution >= 4 is 46.0 Å². The first-order valence-corrected chi connectivity index (χ1v) is 21.5. The highest BCUT2D eigenvalue weighted by Gasteiger charge is 2.81. The van der Waals surface area contributed by atoms with Gasteiger partial charge in [-0.3, -0.25) is 14.4 Å². The quantitative estimate of drug-likeness (QED) is 0.163. The van der Waals surface area contributed by atoms with E-state index in [1.54, 1.807) is 27.7 Å². The molecule has 0 saturated heterocycles. The van der Waals surface area contributed by atoms with Gasteiger partial charge in [0, 0.05) is 39.4 Å². The van der Waals surface area contributed by atoms with Crippen molar-refractivity contribution in [3.8, 4) is 0 Å². The number of aliphatic hydroxyl groups is 3. The van der Waals surface area contributed by atoms with Crippen LogP contribution in [-0.4, -0.2) is 90.3 Å². The molecule has 0 heterocycles. The lowest BCUT2D eigenvalue weighted by Gasteiger charge is -2.63. The lowest BCUT2D eigenvalue weighted by Crippen LogP contribution is -2.72. The van der Waals surface area contributed by atoms with E-state index in [0.29, 0.717) is 11.8 Å². The number of ketones is 2. The molecule has 0 unspecified atom stereocenters. The second kappa shape index (κ2) is 12.6. The van der Waals surface area contributed by atoms with Gasteiger partial charge in [-0.15, -0.1) is 11.6 Å². The van der Waals surface area contributed by atoms with Crippen LogP contribution in [0.5, 0.6) is 0 Å². The molecule has 8 nitrogen and oxygen atoms in total. The number of ether oxygens (including phenoxy) is 1. The minimum Gasteiger partial charge on any atom is -0.447 e. The summed E-state index contributed by atoms with van der Waals surface area (Å²) >= 11 is 6.78. The molecular formula is C43H51ClF4O8S. The maximum Gasteiger partial charge on any atom is 0.340 e. The first-order valence-electron chi connectivity index (χ1n) is 20.0. The molecule has 3 N–H and O–H groups in total. The first-order chi connectivity index (χ1) is 26.4. The molecule has 18 atom stereocenters. The highest BCUT2D eigenvalue weighted by molar-refractivity contribution is 8.14. The summed E-state index contributed by atoms with van der Waals surface area (Å²) in [5.41, 5.74) is -16.1. The Labute approximate surface area is 338 Å². The average Bonchev–Trinajstić information content (AvgIpc) is 3.48. The molecule has 6 fully saturated rings. The van der Waals surface area contributed by atoms with E-state index in [4.69, 9.17) is 16.3 Å². The van der Waals surface area contributed by atoms with Crippen LogP contribution in [0, 0.1) is 57.2 Å². The Hall–Kier alpha value is -2.32. The van der Waals surface area contributed by atoms with E-state index in [2.05, 4.69) is 0 Å². The number of esters is 1. The summed E-state index contributed by atoms with van der Waals surface area (Å²) in [5.74, 6) is -8.08. The average molecular weight is 839 g/mol. The Morgan fingerprint density at radius 1 is 0.772 bits per heavy atom. The van der Waals surface area contributed by atoms with E-state index >= 15 is 22.4 Å². The summed E-state index contributed by atoms with van der Waals surface area (Å²) in [6.45, 7) is 9.34. The number of carbonyl (C=O) groups excluding carboxylic acids is 4. The summed E-state index contributed by atoms with van der Waals surface area (Å²) in [6.07, 6.45) is -1.54. The van der Waals surface area contributed by atoms with Crippen LogP contribution in [0.15, 0.2) is 47.6 Å². The molecule has 0 spiro atoms. The van der Waals surface area contributed by atoms with Crippen LogP contribution in [0.1, 0.15) is 80.1 Å². The molecule has 8 aliphatic carbocycles. The molecular weight excluding hydrogens is 788 g/mol. The molecule has 8 aliphatic rings. The normalized spacial score (nSPS) is 54.7. The maximum atomic E-state index is 18.0. The molecule has 0 bridgehead atoms. The molecule has 0 aliphatic heterocycles. The zero-order chi connectivity index (χ0) is 41.8. The van der Waals surface area contributed by atoms with Gasteiger partial charge >= 0.3 is 5.97 Å². The van der Waals surface area contributed by atoms with Crippen LogP contribution in [0.4, 0.5) is 17.6 Å². The SMILES string of the molecule is C[C@@H]1C[C@H]2[C@@H]3C[C@H](F)C4=CC(=O)C=C[C@]4(C)[C@@]3(F)[C@@H](O)C[C@]2(C)[C@@]1(O)C(=O)O[C@]1(C(=O)SCCl)[C@H](C)C[C@H]2[C@@H]3C[C@H](F)C4=CC(=O)C=C[C@]4(C)[C@@]3(F)[C@H](O)C[C@]21C. The molecule has 0 amide bonds. The first kappa shape index (κ1) is 41.4. The van der Waals surface area contributed by atoms with Gasteiger partial charge in [0.15, 0.2) is 34.1 Å². The Morgan fingerprint density at radius 3 is 1.68 bits per heavy atom. The summed E-state index contributed by atoms with van der Waals surface area (Å²) in [4.78, 5) is 54.4. The Kier molecular flexibility index (Phi) is 9.16. The minimum absolute atomic E-state index is 0.0377. The van der Waals surface area contributed by atoms with E-state index < -0.39 is 153 Å². The Balaban J connectivity index is 1.19. The number of thioether (sulfide) groups is 1. The van der Waals surface area contributed by atoms with Crippen LogP contribution in [-0.2, 0) is 23.9 Å². The molecule has 6 saturated carbocycles. The van der Waals surface area contributed by atoms with E-state index in [1.165, 1.54) is 32.1 Å². The monoisotopic (exact) mass is 838 g/mol. The summed E-state index contributed by atoms with van der Waals surface area (Å²) in [7, 11) is 0. The zero-order valence-electron chi connectivity index (χ0n) is 32.9. The molecule has 57 heavy (non-hydrogen) atoms. The van der Waals surface area contributed by atoms with E-state index in [9.17, 15) is 29.7 Å². The van der Waals surface area contributed by atoms with Crippen molar-refractivity contribution in [1.82, 2.24) is 0 Å². The maximum absolute atomic E-state index is 18.0. The molecule has 312 valence electrons. The van der Waals surface area contributed by atoms with E-state index in [0.717, 1.165) is 18.2 Å². The van der Waals surface area contributed by atoms with Crippen molar-refractivity contribution in [3.05, 3.63) is 47.6 Å². The summed E-state index contributed by atoms with van der Waals surface area (Å²) in [6, 6.07) is 0. The fourth-order valence-electron chi connectivity index (χ4n) is 14.6. The number of aliphatic hydroxyl groups excluding tert-OH is 2. The van der Waals surface area contributed by atoms with E-state index in [-0.39, 0.29) is 29.2 Å². The van der Waals surface area contributed by atoms with Gasteiger partial charge in [0.2, 0.25) is 5.12 Å². The Morgan fingerprint density at radius 2 is 1.21 bits per heavy atom. The van der Waals surface area contributed by atoms with Crippen molar-refractivity contribution in [2.75, 3.05) is 5.21 Å². The van der Waals surface area contributed by atoms with Crippen LogP contribution < -0.4 is 0 Å². The lowest BCUT2D eigenvalue weighted by atomic mass is 9.44. The van der Waals surface area contributed by atoms with Gasteiger partial charge in [-0.2, -0.15) is 0 Å². The fourth-order valence-corrected chi connectivity index (χ4v) is 15.7. The molecule has 0 aromatic heterocycles. The van der Waals surface area contributed by atoms with Gasteiger partial charge in [-0.05, 0) is 106 Å². The van der Waals surface area contributed by atoms with Crippen LogP contribution in [0.2, 0.25) is 0 Å². The molecule has 14 heteroatoms. The number of alkyl halides is 5. The van der Waals surface area contributed by atoms with Crippen molar-refractivity contribution in [2.24, 2.45) is 57.2 Å². The highest BCUT2D eigenvalue weighted by atomic mass is 35.5. The van der Waals surface area contributed by atoms with Crippen LogP contribution in [0.3, 0.4) is 0 Å². The van der Waals surface area contributed by atoms with Crippen LogP contribution >= 0.6 is 23.4 Å². The fraction of sp³-hybridized carbons (Fsp3) is 0.721. The minimum atomic E-state index is -2.47. The second-order valence-corrected chi connectivity index (χ2v) is 21.0. The van der Waals surface area contributed by atoms with Gasteiger partial charge in [-0.1, -0.05) is 51.6 Å². The predicted octanol–water partition coefficient (Wildman–Crippen LogP) is 6.59. The van der Waals surface area contributed by atoms with Gasteiger partial charge in [-0.25, -0.2) is 22.4 Å². The second-order valence-electron chi connectivity index (χ2n) is 19.4. The van der Waals surface area contributed by atoms with Gasteiger partial charge in [0.25, 0.3) is 0 Å². The smallest absolute Gasteiger partial charge is 0.340 e. The van der Waals surface area contributed by atoms with Crippen molar-refractivity contribution in [3.63, 3.8) is 0 Å². The van der Waals surface area contributed by atoms with Crippen molar-refractivity contribution in [2.45, 2.75) is 127 Å². The van der Waals surface area contributed by atoms with Gasteiger partial charge < -0.3 is 20.1 Å². The zero-order valence-corrected chi connectivity index (χ0v) is 34.4. The van der Waals surface area contributed by atoms with E-state index in [1.807, 2.05) is 0 Å². The number of carbonyl (C=O) groups is 4. The number of fused-ring (bicyclic) bond motifs is 10. The Bertz CT molecular complexity index is 1980. The number of allylic oxidation sites excluding steroid dienone is 8. The molecule has 8 rings (SSSR count). The largest absolute Gasteiger partial charge is 0.447 e. The number of halogens is 5. The predicted molar refractivity (Wildman–Crippen MR) is 203 cm³/mol. The lowest BCUT2D eigenvalue weighted by molar-refractivity contribution is -0.250. The third kappa shape index (κ3) is 4.65. The third-order valence-electron chi connectivity index (χ3n) is 17.4. The highest BCUT2D eigenvalue weighted by Crippen LogP contribution is 2.74. The van der Waals surface area contributed by atoms with Crippen LogP contribution in [0.25, 0.3) is 0 Å². The number of hydrogen-bond acceptors (Lipinski definition) is 9. The standard InChI is InChI=1S/C43H51ClF4O8S/c1-20-11-24-26-15-30(45)28-13-22(49)7-9-36(28,3)40(26,47)32(51)17-38(24,5)42(20,55)34(53)56-43(35(54)57-19-44)21(2)12-25-27-16-31(46)29-14-23(50)8-10-37(29,4)41(27,48)33(52)18-39(25,43)6/h7-10,13-14,20-21,24-27,30-33,51-52,55H,11-12,15-19H2,1-6H3/t20-,21-,24+,25+,26+,27+,30+,31+,32+,33-,36+,37+,38+,39-,40+,41+,42+,43+/m1/s1. The summed E-state index contributed by atoms with van der Waals surface area (Å²) < 4.78 is 74.7. The van der Waals surface area contributed by atoms with Crippen molar-refractivity contribution in [1.29, 1.82) is 0 Å². The summed E-state index contributed by atoms with van der Waals surface area (Å²) in [5, 5.41) is 35.8. The third-order valence-corrected chi connectivity index (χ3v) is 18.4. The topological polar surface area (TPSA) is 138 Å². The molecule has 0 radical (unpaired) electrons. The van der Waals surface area contributed by atoms with Gasteiger partial charge in [0.05, 0.1) is 17.4 Å². The molecule has 0 aromatic carbocycles. The molecule has 0 aromatic rings. The number of hydrogen-bond donors (Lipinski definition) is 3. The van der Waals surface area contributed by atoms with Gasteiger partial charge in [0.1, 0.15) is 12.3 Å². The number of rotatable bonds is 4.